The smallest absolute Gasteiger partial charge is 0.213 e. The Balaban J connectivity index is 1.19. The molecule has 2 aromatic carbocycles. The van der Waals surface area contributed by atoms with Gasteiger partial charge in [-0.1, -0.05) is 17.7 Å². The molecule has 42 heavy (non-hydrogen) atoms. The molecule has 1 aliphatic carbocycles. The minimum atomic E-state index is -0.564. The topological polar surface area (TPSA) is 101 Å². The first kappa shape index (κ1) is 28.0. The number of fused-ring (bicyclic) bond motifs is 1. The van der Waals surface area contributed by atoms with Crippen LogP contribution in [0.3, 0.4) is 0 Å². The van der Waals surface area contributed by atoms with Gasteiger partial charge in [-0.15, -0.1) is 0 Å². The Morgan fingerprint density at radius 1 is 1.12 bits per heavy atom. The largest absolute Gasteiger partial charge is 0.493 e. The van der Waals surface area contributed by atoms with Gasteiger partial charge < -0.3 is 24.8 Å². The number of methoxy groups -OCH3 is 1. The van der Waals surface area contributed by atoms with Crippen LogP contribution in [-0.2, 0) is 6.61 Å². The van der Waals surface area contributed by atoms with Crippen molar-refractivity contribution in [3.05, 3.63) is 77.0 Å². The van der Waals surface area contributed by atoms with Gasteiger partial charge in [0.15, 0.2) is 11.5 Å². The maximum Gasteiger partial charge on any atom is 0.213 e. The number of piperidine rings is 1. The Morgan fingerprint density at radius 2 is 1.95 bits per heavy atom. The molecule has 0 radical (unpaired) electrons. The molecule has 2 fully saturated rings. The molecule has 1 aliphatic heterocycles. The average molecular weight is 588 g/mol. The van der Waals surface area contributed by atoms with Crippen LogP contribution in [-0.4, -0.2) is 36.8 Å². The van der Waals surface area contributed by atoms with E-state index in [1.165, 1.54) is 37.9 Å². The SMILES string of the molecule is COc1cc2c(Nc3ccc(OCc4cccc(F)n4)cc3Cl)c(C#N)cnc2cc1OCC1CC2(CCNCC2)C1. The molecule has 0 unspecified atom stereocenters. The number of pyridine rings is 2. The van der Waals surface area contributed by atoms with Gasteiger partial charge in [-0.3, -0.25) is 4.98 Å². The summed E-state index contributed by atoms with van der Waals surface area (Å²) in [6, 6.07) is 15.6. The fraction of sp³-hybridized carbons (Fsp3) is 0.344. The normalized spacial score (nSPS) is 16.0. The number of nitrogens with zero attached hydrogens (tertiary/aromatic N) is 3. The number of nitrogens with one attached hydrogen (secondary N) is 2. The summed E-state index contributed by atoms with van der Waals surface area (Å²) in [6.45, 7) is 2.95. The molecular weight excluding hydrogens is 557 g/mol. The number of hydrogen-bond donors (Lipinski definition) is 2. The summed E-state index contributed by atoms with van der Waals surface area (Å²) in [5.41, 5.74) is 3.10. The second kappa shape index (κ2) is 12.0. The fourth-order valence-corrected chi connectivity index (χ4v) is 6.27. The third-order valence-corrected chi connectivity index (χ3v) is 8.53. The lowest BCUT2D eigenvalue weighted by Gasteiger charge is -2.50. The van der Waals surface area contributed by atoms with Crippen molar-refractivity contribution in [2.75, 3.05) is 32.1 Å². The first-order valence-electron chi connectivity index (χ1n) is 14.0. The van der Waals surface area contributed by atoms with Crippen molar-refractivity contribution in [3.63, 3.8) is 0 Å². The van der Waals surface area contributed by atoms with Crippen LogP contribution in [0.25, 0.3) is 10.9 Å². The van der Waals surface area contributed by atoms with E-state index in [9.17, 15) is 9.65 Å². The van der Waals surface area contributed by atoms with E-state index in [1.807, 2.05) is 12.1 Å². The van der Waals surface area contributed by atoms with Crippen molar-refractivity contribution in [2.24, 2.45) is 11.3 Å². The number of halogens is 2. The number of nitriles is 1. The molecule has 3 heterocycles. The highest BCUT2D eigenvalue weighted by Gasteiger charge is 2.44. The van der Waals surface area contributed by atoms with Gasteiger partial charge in [-0.2, -0.15) is 9.65 Å². The highest BCUT2D eigenvalue weighted by Crippen LogP contribution is 2.52. The Hall–Kier alpha value is -4.13. The number of hydrogen-bond acceptors (Lipinski definition) is 8. The number of anilines is 2. The molecular formula is C32H31ClFN5O3. The third-order valence-electron chi connectivity index (χ3n) is 8.22. The summed E-state index contributed by atoms with van der Waals surface area (Å²) in [6.07, 6.45) is 6.43. The van der Waals surface area contributed by atoms with Gasteiger partial charge >= 0.3 is 0 Å². The van der Waals surface area contributed by atoms with Crippen molar-refractivity contribution >= 4 is 33.9 Å². The van der Waals surface area contributed by atoms with E-state index in [0.29, 0.717) is 73.7 Å². The maximum atomic E-state index is 13.4. The van der Waals surface area contributed by atoms with Gasteiger partial charge in [-0.05, 0) is 80.4 Å². The predicted octanol–water partition coefficient (Wildman–Crippen LogP) is 6.78. The molecule has 2 aliphatic rings. The molecule has 6 rings (SSSR count). The van der Waals surface area contributed by atoms with Crippen molar-refractivity contribution in [3.8, 4) is 23.3 Å². The standard InChI is InChI=1S/C32H31ClFN5O3/c1-40-28-12-24-27(13-29(28)42-18-20-14-32(15-20)7-9-36-10-8-32)37-17-21(16-35)31(24)39-26-6-5-23(11-25(26)33)41-19-22-3-2-4-30(34)38-22/h2-6,11-13,17,20,36H,7-10,14-15,18-19H2,1H3,(H,37,39). The van der Waals surface area contributed by atoms with Gasteiger partial charge in [0, 0.05) is 23.7 Å². The molecule has 1 spiro atoms. The van der Waals surface area contributed by atoms with Gasteiger partial charge in [0.2, 0.25) is 5.95 Å². The van der Waals surface area contributed by atoms with E-state index < -0.39 is 5.95 Å². The van der Waals surface area contributed by atoms with Crippen LogP contribution in [0.4, 0.5) is 15.8 Å². The van der Waals surface area contributed by atoms with Crippen molar-refractivity contribution < 1.29 is 18.6 Å². The molecule has 0 amide bonds. The molecule has 1 saturated carbocycles. The lowest BCUT2D eigenvalue weighted by Crippen LogP contribution is -2.46. The zero-order valence-corrected chi connectivity index (χ0v) is 24.0. The molecule has 4 aromatic rings. The average Bonchev–Trinajstić information content (AvgIpc) is 2.99. The lowest BCUT2D eigenvalue weighted by atomic mass is 9.58. The number of benzene rings is 2. The van der Waals surface area contributed by atoms with E-state index in [0.717, 1.165) is 13.1 Å². The predicted molar refractivity (Wildman–Crippen MR) is 159 cm³/mol. The van der Waals surface area contributed by atoms with Gasteiger partial charge in [0.05, 0.1) is 46.9 Å². The molecule has 0 atom stereocenters. The summed E-state index contributed by atoms with van der Waals surface area (Å²) in [7, 11) is 1.60. The molecule has 10 heteroatoms. The second-order valence-electron chi connectivity index (χ2n) is 11.0. The summed E-state index contributed by atoms with van der Waals surface area (Å²) < 4.78 is 31.1. The van der Waals surface area contributed by atoms with E-state index in [-0.39, 0.29) is 6.61 Å². The summed E-state index contributed by atoms with van der Waals surface area (Å²) >= 11 is 6.60. The molecule has 1 saturated heterocycles. The summed E-state index contributed by atoms with van der Waals surface area (Å²) in [5.74, 6) is 1.67. The number of aromatic nitrogens is 2. The van der Waals surface area contributed by atoms with Crippen molar-refractivity contribution in [1.29, 1.82) is 5.26 Å². The monoisotopic (exact) mass is 587 g/mol. The molecule has 8 nitrogen and oxygen atoms in total. The van der Waals surface area contributed by atoms with Crippen molar-refractivity contribution in [1.82, 2.24) is 15.3 Å². The Bertz CT molecular complexity index is 1650. The van der Waals surface area contributed by atoms with Crippen LogP contribution in [0.15, 0.2) is 54.7 Å². The van der Waals surface area contributed by atoms with Gasteiger partial charge in [-0.25, -0.2) is 4.98 Å². The molecule has 0 bridgehead atoms. The van der Waals surface area contributed by atoms with Crippen LogP contribution < -0.4 is 24.8 Å². The zero-order chi connectivity index (χ0) is 29.1. The Kier molecular flexibility index (Phi) is 8.00. The van der Waals surface area contributed by atoms with Crippen LogP contribution in [0.5, 0.6) is 17.2 Å². The number of ether oxygens (including phenoxy) is 3. The molecule has 2 N–H and O–H groups in total. The quantitative estimate of drug-likeness (QED) is 0.207. The van der Waals surface area contributed by atoms with E-state index in [2.05, 4.69) is 26.7 Å². The van der Waals surface area contributed by atoms with E-state index >= 15 is 0 Å². The lowest BCUT2D eigenvalue weighted by molar-refractivity contribution is -0.00241. The highest BCUT2D eigenvalue weighted by molar-refractivity contribution is 6.33. The second-order valence-corrected chi connectivity index (χ2v) is 11.4. The Labute approximate surface area is 248 Å². The van der Waals surface area contributed by atoms with Gasteiger partial charge in [0.25, 0.3) is 0 Å². The van der Waals surface area contributed by atoms with E-state index in [1.54, 1.807) is 37.4 Å². The van der Waals surface area contributed by atoms with Crippen LogP contribution in [0.1, 0.15) is 36.9 Å². The van der Waals surface area contributed by atoms with Crippen LogP contribution in [0.2, 0.25) is 5.02 Å². The zero-order valence-electron chi connectivity index (χ0n) is 23.3. The fourth-order valence-electron chi connectivity index (χ4n) is 6.06. The first-order chi connectivity index (χ1) is 20.4. The first-order valence-corrected chi connectivity index (χ1v) is 14.4. The maximum absolute atomic E-state index is 13.4. The highest BCUT2D eigenvalue weighted by atomic mass is 35.5. The minimum Gasteiger partial charge on any atom is -0.493 e. The van der Waals surface area contributed by atoms with Crippen LogP contribution >= 0.6 is 11.6 Å². The van der Waals surface area contributed by atoms with Gasteiger partial charge in [0.1, 0.15) is 18.4 Å². The van der Waals surface area contributed by atoms with Crippen LogP contribution in [0, 0.1) is 28.6 Å². The number of rotatable bonds is 9. The summed E-state index contributed by atoms with van der Waals surface area (Å²) in [4.78, 5) is 8.33. The Morgan fingerprint density at radius 3 is 2.69 bits per heavy atom. The molecule has 2 aromatic heterocycles. The van der Waals surface area contributed by atoms with E-state index in [4.69, 9.17) is 25.8 Å². The minimum absolute atomic E-state index is 0.0950. The summed E-state index contributed by atoms with van der Waals surface area (Å²) in [5, 5.41) is 17.7. The van der Waals surface area contributed by atoms with Crippen molar-refractivity contribution in [2.45, 2.75) is 32.3 Å². The molecule has 216 valence electrons. The third kappa shape index (κ3) is 5.91.